The van der Waals surface area contributed by atoms with Crippen molar-refractivity contribution in [3.63, 3.8) is 0 Å². The van der Waals surface area contributed by atoms with Gasteiger partial charge >= 0.3 is 11.9 Å². The summed E-state index contributed by atoms with van der Waals surface area (Å²) in [6.07, 6.45) is -1.47. The zero-order valence-corrected chi connectivity index (χ0v) is 11.5. The zero-order valence-electron chi connectivity index (χ0n) is 11.5. The van der Waals surface area contributed by atoms with Crippen molar-refractivity contribution >= 4 is 11.6 Å². The first-order valence-electron chi connectivity index (χ1n) is 6.30. The lowest BCUT2D eigenvalue weighted by atomic mass is 10.2. The van der Waals surface area contributed by atoms with Gasteiger partial charge in [-0.25, -0.2) is 0 Å². The van der Waals surface area contributed by atoms with Gasteiger partial charge in [0.05, 0.1) is 11.1 Å². The fraction of sp³-hybridized carbons (Fsp3) is 0.364. The van der Waals surface area contributed by atoms with Crippen molar-refractivity contribution in [3.8, 4) is 0 Å². The molecular weight excluding hydrogens is 321 g/mol. The van der Waals surface area contributed by atoms with Gasteiger partial charge in [0.15, 0.2) is 0 Å². The second-order valence-electron chi connectivity index (χ2n) is 4.52. The molecule has 0 atom stereocenters. The molecule has 0 unspecified atom stereocenters. The third-order valence-corrected chi connectivity index (χ3v) is 2.85. The first-order chi connectivity index (χ1) is 10.8. The van der Waals surface area contributed by atoms with Crippen LogP contribution < -0.4 is 5.32 Å². The molecule has 0 fully saturated rings. The van der Waals surface area contributed by atoms with Gasteiger partial charge in [0, 0.05) is 12.1 Å². The lowest BCUT2D eigenvalue weighted by molar-refractivity contribution is -0.385. The number of carbonyl (C=O) groups is 1. The van der Waals surface area contributed by atoms with Crippen LogP contribution >= 0.6 is 0 Å². The maximum absolute atomic E-state index is 12.6. The monoisotopic (exact) mass is 332 g/mol. The highest BCUT2D eigenvalue weighted by atomic mass is 19.4. The van der Waals surface area contributed by atoms with Gasteiger partial charge in [-0.3, -0.25) is 24.7 Å². The van der Waals surface area contributed by atoms with E-state index in [1.807, 2.05) is 5.10 Å². The van der Waals surface area contributed by atoms with Crippen molar-refractivity contribution in [2.75, 3.05) is 6.54 Å². The highest BCUT2D eigenvalue weighted by Gasteiger charge is 2.35. The summed E-state index contributed by atoms with van der Waals surface area (Å²) in [5, 5.41) is 21.7. The number of aromatic nitrogens is 4. The van der Waals surface area contributed by atoms with Crippen molar-refractivity contribution in [2.24, 2.45) is 0 Å². The van der Waals surface area contributed by atoms with E-state index in [1.165, 1.54) is 0 Å². The summed E-state index contributed by atoms with van der Waals surface area (Å²) in [5.74, 6) is -0.528. The van der Waals surface area contributed by atoms with Crippen molar-refractivity contribution in [1.29, 1.82) is 0 Å². The topological polar surface area (TPSA) is 119 Å². The Labute approximate surface area is 126 Å². The van der Waals surface area contributed by atoms with E-state index in [0.717, 1.165) is 23.3 Å². The Hall–Kier alpha value is -2.92. The number of aromatic amines is 1. The van der Waals surface area contributed by atoms with Gasteiger partial charge in [0.2, 0.25) is 5.91 Å². The summed E-state index contributed by atoms with van der Waals surface area (Å²) in [6, 6.07) is 0. The predicted octanol–water partition coefficient (Wildman–Crippen LogP) is 0.892. The average Bonchev–Trinajstić information content (AvgIpc) is 3.06. The molecule has 0 bridgehead atoms. The molecule has 0 aliphatic rings. The van der Waals surface area contributed by atoms with Gasteiger partial charge in [0.25, 0.3) is 0 Å². The minimum atomic E-state index is -4.54. The molecule has 0 radical (unpaired) electrons. The normalized spacial score (nSPS) is 11.4. The predicted molar refractivity (Wildman–Crippen MR) is 69.2 cm³/mol. The Morgan fingerprint density at radius 2 is 2.17 bits per heavy atom. The largest absolute Gasteiger partial charge is 0.433 e. The van der Waals surface area contributed by atoms with Crippen molar-refractivity contribution < 1.29 is 22.9 Å². The van der Waals surface area contributed by atoms with Crippen LogP contribution in [0.4, 0.5) is 18.9 Å². The van der Waals surface area contributed by atoms with Crippen molar-refractivity contribution in [1.82, 2.24) is 25.3 Å². The maximum atomic E-state index is 12.6. The quantitative estimate of drug-likeness (QED) is 0.601. The first-order valence-corrected chi connectivity index (χ1v) is 6.30. The van der Waals surface area contributed by atoms with E-state index < -0.39 is 22.7 Å². The number of alkyl halides is 3. The molecule has 2 N–H and O–H groups in total. The minimum Gasteiger partial charge on any atom is -0.354 e. The molecule has 0 spiro atoms. The van der Waals surface area contributed by atoms with Crippen molar-refractivity contribution in [3.05, 3.63) is 40.0 Å². The average molecular weight is 332 g/mol. The second kappa shape index (κ2) is 6.46. The summed E-state index contributed by atoms with van der Waals surface area (Å²) in [6.45, 7) is -0.309. The molecule has 9 nitrogen and oxygen atoms in total. The molecular formula is C11H11F3N6O3. The standard InChI is InChI=1S/C11H11F3N6O3/c12-11(13,14)10-7(3-16-18-10)1-2-15-9(21)6-19-5-8(4-17-19)20(22)23/h3-5H,1-2,6H2,(H,15,21)(H,16,18). The Kier molecular flexibility index (Phi) is 4.62. The van der Waals surface area contributed by atoms with Crippen LogP contribution in [0.1, 0.15) is 11.3 Å². The zero-order chi connectivity index (χ0) is 17.0. The van der Waals surface area contributed by atoms with E-state index in [-0.39, 0.29) is 30.8 Å². The van der Waals surface area contributed by atoms with E-state index in [0.29, 0.717) is 0 Å². The van der Waals surface area contributed by atoms with Crippen LogP contribution in [0.15, 0.2) is 18.6 Å². The SMILES string of the molecule is O=C(Cn1cc([N+](=O)[O-])cn1)NCCc1cn[nH]c1C(F)(F)F. The lowest BCUT2D eigenvalue weighted by Gasteiger charge is -2.08. The molecule has 0 aliphatic carbocycles. The summed E-state index contributed by atoms with van der Waals surface area (Å²) in [4.78, 5) is 21.4. The fourth-order valence-corrected chi connectivity index (χ4v) is 1.82. The van der Waals surface area contributed by atoms with E-state index in [9.17, 15) is 28.1 Å². The number of carbonyl (C=O) groups excluding carboxylic acids is 1. The van der Waals surface area contributed by atoms with Gasteiger partial charge in [-0.2, -0.15) is 23.4 Å². The maximum Gasteiger partial charge on any atom is 0.433 e. The molecule has 0 saturated carbocycles. The molecule has 0 aliphatic heterocycles. The van der Waals surface area contributed by atoms with Crippen LogP contribution in [0.25, 0.3) is 0 Å². The summed E-state index contributed by atoms with van der Waals surface area (Å²) >= 11 is 0. The molecule has 0 saturated heterocycles. The number of nitrogens with one attached hydrogen (secondary N) is 2. The first kappa shape index (κ1) is 16.5. The molecule has 1 amide bonds. The number of amides is 1. The molecule has 2 aromatic heterocycles. The molecule has 124 valence electrons. The Morgan fingerprint density at radius 3 is 2.78 bits per heavy atom. The Morgan fingerprint density at radius 1 is 1.43 bits per heavy atom. The third-order valence-electron chi connectivity index (χ3n) is 2.85. The number of halogens is 3. The van der Waals surface area contributed by atoms with Crippen molar-refractivity contribution in [2.45, 2.75) is 19.1 Å². The number of rotatable bonds is 6. The van der Waals surface area contributed by atoms with Crippen LogP contribution in [0.3, 0.4) is 0 Å². The molecule has 2 aromatic rings. The second-order valence-corrected chi connectivity index (χ2v) is 4.52. The highest BCUT2D eigenvalue weighted by Crippen LogP contribution is 2.29. The molecule has 12 heteroatoms. The molecule has 23 heavy (non-hydrogen) atoms. The van der Waals surface area contributed by atoms with E-state index in [1.54, 1.807) is 0 Å². The van der Waals surface area contributed by atoms with Crippen LogP contribution in [-0.2, 0) is 23.9 Å². The lowest BCUT2D eigenvalue weighted by Crippen LogP contribution is -2.29. The molecule has 2 heterocycles. The molecule has 2 rings (SSSR count). The molecule has 0 aromatic carbocycles. The van der Waals surface area contributed by atoms with Gasteiger partial charge in [-0.05, 0) is 6.42 Å². The summed E-state index contributed by atoms with van der Waals surface area (Å²) in [7, 11) is 0. The number of nitrogens with zero attached hydrogens (tertiary/aromatic N) is 4. The van der Waals surface area contributed by atoms with Crippen LogP contribution in [0.5, 0.6) is 0 Å². The summed E-state index contributed by atoms with van der Waals surface area (Å²) < 4.78 is 38.9. The third kappa shape index (κ3) is 4.28. The smallest absolute Gasteiger partial charge is 0.354 e. The Bertz CT molecular complexity index is 708. The van der Waals surface area contributed by atoms with Gasteiger partial charge in [0.1, 0.15) is 24.6 Å². The van der Waals surface area contributed by atoms with Gasteiger partial charge < -0.3 is 5.32 Å². The number of nitro groups is 1. The van der Waals surface area contributed by atoms with E-state index >= 15 is 0 Å². The minimum absolute atomic E-state index is 0.0369. The van der Waals surface area contributed by atoms with Crippen LogP contribution in [-0.4, -0.2) is 37.4 Å². The summed E-state index contributed by atoms with van der Waals surface area (Å²) in [5.41, 5.74) is -1.27. The van der Waals surface area contributed by atoms with E-state index in [4.69, 9.17) is 0 Å². The van der Waals surface area contributed by atoms with Crippen LogP contribution in [0.2, 0.25) is 0 Å². The number of H-pyrrole nitrogens is 1. The highest BCUT2D eigenvalue weighted by molar-refractivity contribution is 5.75. The van der Waals surface area contributed by atoms with Gasteiger partial charge in [-0.1, -0.05) is 0 Å². The fourth-order valence-electron chi connectivity index (χ4n) is 1.82. The van der Waals surface area contributed by atoms with Gasteiger partial charge in [-0.15, -0.1) is 0 Å². The van der Waals surface area contributed by atoms with E-state index in [2.05, 4.69) is 15.5 Å². The van der Waals surface area contributed by atoms with Crippen LogP contribution in [0, 0.1) is 10.1 Å². The Balaban J connectivity index is 1.83. The number of hydrogen-bond acceptors (Lipinski definition) is 5. The number of hydrogen-bond donors (Lipinski definition) is 2.